The Kier molecular flexibility index (Phi) is 7.65. The van der Waals surface area contributed by atoms with Gasteiger partial charge in [0.2, 0.25) is 0 Å². The maximum Gasteiger partial charge on any atom is 0.270 e. The molecule has 0 spiro atoms. The van der Waals surface area contributed by atoms with Crippen molar-refractivity contribution < 1.29 is 23.8 Å². The number of methoxy groups -OCH3 is 1. The first-order valence-electron chi connectivity index (χ1n) is 12.1. The molecular weight excluding hydrogens is 512 g/mol. The lowest BCUT2D eigenvalue weighted by molar-refractivity contribution is -0.122. The van der Waals surface area contributed by atoms with E-state index in [4.69, 9.17) is 26.4 Å². The second-order valence-corrected chi connectivity index (χ2v) is 8.93. The van der Waals surface area contributed by atoms with Crippen molar-refractivity contribution >= 4 is 40.9 Å². The third-order valence-electron chi connectivity index (χ3n) is 5.93. The van der Waals surface area contributed by atoms with Crippen LogP contribution in [0.25, 0.3) is 6.08 Å². The summed E-state index contributed by atoms with van der Waals surface area (Å²) in [4.78, 5) is 27.5. The number of rotatable bonds is 8. The number of carbonyl (C=O) groups excluding carboxylic acids is 2. The second kappa shape index (κ2) is 11.6. The minimum absolute atomic E-state index is 0.00416. The molecule has 39 heavy (non-hydrogen) atoms. The molecule has 0 radical (unpaired) electrons. The number of para-hydroxylation sites is 1. The highest BCUT2D eigenvalue weighted by Gasteiger charge is 2.34. The zero-order chi connectivity index (χ0) is 27.2. The highest BCUT2D eigenvalue weighted by atomic mass is 32.1. The molecule has 4 aromatic carbocycles. The smallest absolute Gasteiger partial charge is 0.270 e. The Morgan fingerprint density at radius 1 is 0.821 bits per heavy atom. The Bertz CT molecular complexity index is 1540. The number of thiocarbonyl (C=S) groups is 1. The van der Waals surface area contributed by atoms with Crippen molar-refractivity contribution in [1.82, 2.24) is 5.32 Å². The molecule has 7 nitrogen and oxygen atoms in total. The van der Waals surface area contributed by atoms with Crippen LogP contribution in [0.4, 0.5) is 5.69 Å². The molecule has 0 aromatic heterocycles. The lowest BCUT2D eigenvalue weighted by atomic mass is 10.1. The zero-order valence-electron chi connectivity index (χ0n) is 21.0. The summed E-state index contributed by atoms with van der Waals surface area (Å²) in [5.41, 5.74) is 1.99. The fraction of sp³-hybridized carbons (Fsp3) is 0.0645. The van der Waals surface area contributed by atoms with Crippen LogP contribution in [0.3, 0.4) is 0 Å². The summed E-state index contributed by atoms with van der Waals surface area (Å²) in [5.74, 6) is 1.20. The molecule has 4 aromatic rings. The van der Waals surface area contributed by atoms with E-state index in [2.05, 4.69) is 5.32 Å². The summed E-state index contributed by atoms with van der Waals surface area (Å²) < 4.78 is 17.2. The van der Waals surface area contributed by atoms with Gasteiger partial charge in [0.25, 0.3) is 11.8 Å². The van der Waals surface area contributed by atoms with Crippen LogP contribution < -0.4 is 24.4 Å². The summed E-state index contributed by atoms with van der Waals surface area (Å²) in [5, 5.41) is 2.60. The summed E-state index contributed by atoms with van der Waals surface area (Å²) in [6.45, 7) is 0.396. The molecule has 8 heteroatoms. The van der Waals surface area contributed by atoms with Gasteiger partial charge < -0.3 is 14.2 Å². The molecule has 1 saturated heterocycles. The second-order valence-electron chi connectivity index (χ2n) is 8.54. The third-order valence-corrected chi connectivity index (χ3v) is 6.21. The first kappa shape index (κ1) is 25.7. The fourth-order valence-corrected chi connectivity index (χ4v) is 4.26. The number of nitrogens with one attached hydrogen (secondary N) is 1. The topological polar surface area (TPSA) is 77.1 Å². The Labute approximate surface area is 231 Å². The molecule has 0 unspecified atom stereocenters. The zero-order valence-corrected chi connectivity index (χ0v) is 21.8. The van der Waals surface area contributed by atoms with Crippen LogP contribution in [0, 0.1) is 0 Å². The molecule has 0 saturated carbocycles. The van der Waals surface area contributed by atoms with E-state index in [0.717, 1.165) is 5.56 Å². The number of carbonyl (C=O) groups is 2. The lowest BCUT2D eigenvalue weighted by Gasteiger charge is -2.29. The van der Waals surface area contributed by atoms with E-state index in [1.54, 1.807) is 42.5 Å². The summed E-state index contributed by atoms with van der Waals surface area (Å²) in [6, 6.07) is 31.2. The molecule has 1 N–H and O–H groups in total. The van der Waals surface area contributed by atoms with Crippen molar-refractivity contribution in [3.63, 3.8) is 0 Å². The normalized spacial score (nSPS) is 14.2. The maximum absolute atomic E-state index is 13.5. The van der Waals surface area contributed by atoms with Crippen molar-refractivity contribution in [1.29, 1.82) is 0 Å². The molecule has 194 valence electrons. The first-order valence-corrected chi connectivity index (χ1v) is 12.5. The number of hydrogen-bond donors (Lipinski definition) is 1. The minimum Gasteiger partial charge on any atom is -0.496 e. The number of ether oxygens (including phenoxy) is 3. The maximum atomic E-state index is 13.5. The van der Waals surface area contributed by atoms with Gasteiger partial charge in [-0.15, -0.1) is 0 Å². The highest BCUT2D eigenvalue weighted by molar-refractivity contribution is 7.80. The molecule has 0 aliphatic carbocycles. The molecule has 0 bridgehead atoms. The van der Waals surface area contributed by atoms with Gasteiger partial charge in [-0.25, -0.2) is 0 Å². The van der Waals surface area contributed by atoms with Crippen LogP contribution in [-0.4, -0.2) is 24.0 Å². The standard InChI is InChI=1S/C31H24N2O5S/c1-36-28-19-26(37-20-21-8-4-2-5-9-21)15-12-22(28)18-27-29(34)32-31(39)33(30(27)35)23-13-16-25(17-14-23)38-24-10-6-3-7-11-24/h2-19H,20H2,1H3,(H,32,34,39)/b27-18+. The molecule has 1 fully saturated rings. The van der Waals surface area contributed by atoms with E-state index in [0.29, 0.717) is 40.9 Å². The van der Waals surface area contributed by atoms with Crippen LogP contribution in [0.1, 0.15) is 11.1 Å². The van der Waals surface area contributed by atoms with Gasteiger partial charge in [-0.3, -0.25) is 19.8 Å². The predicted octanol–water partition coefficient (Wildman–Crippen LogP) is 5.90. The predicted molar refractivity (Wildman–Crippen MR) is 153 cm³/mol. The Morgan fingerprint density at radius 3 is 2.15 bits per heavy atom. The van der Waals surface area contributed by atoms with Gasteiger partial charge in [0.1, 0.15) is 35.2 Å². The Hall–Kier alpha value is -4.95. The monoisotopic (exact) mass is 536 g/mol. The molecule has 1 aliphatic rings. The molecule has 5 rings (SSSR count). The minimum atomic E-state index is -0.586. The van der Waals surface area contributed by atoms with E-state index in [1.165, 1.54) is 18.1 Å². The lowest BCUT2D eigenvalue weighted by Crippen LogP contribution is -2.54. The van der Waals surface area contributed by atoms with E-state index in [1.807, 2.05) is 60.7 Å². The highest BCUT2D eigenvalue weighted by Crippen LogP contribution is 2.30. The van der Waals surface area contributed by atoms with Crippen molar-refractivity contribution in [2.24, 2.45) is 0 Å². The van der Waals surface area contributed by atoms with E-state index in [-0.39, 0.29) is 10.7 Å². The van der Waals surface area contributed by atoms with E-state index in [9.17, 15) is 9.59 Å². The third kappa shape index (κ3) is 5.97. The van der Waals surface area contributed by atoms with Crippen molar-refractivity contribution in [3.8, 4) is 23.0 Å². The number of amides is 2. The number of hydrogen-bond acceptors (Lipinski definition) is 6. The van der Waals surface area contributed by atoms with Gasteiger partial charge in [-0.2, -0.15) is 0 Å². The van der Waals surface area contributed by atoms with Crippen LogP contribution in [0.2, 0.25) is 0 Å². The summed E-state index contributed by atoms with van der Waals surface area (Å²) >= 11 is 5.33. The quantitative estimate of drug-likeness (QED) is 0.172. The van der Waals surface area contributed by atoms with Crippen molar-refractivity contribution in [2.75, 3.05) is 12.0 Å². The number of benzene rings is 4. The summed E-state index contributed by atoms with van der Waals surface area (Å²) in [7, 11) is 1.52. The molecule has 0 atom stereocenters. The molecule has 2 amide bonds. The average molecular weight is 537 g/mol. The SMILES string of the molecule is COc1cc(OCc2ccccc2)ccc1/C=C1\C(=O)NC(=S)N(c2ccc(Oc3ccccc3)cc2)C1=O. The number of anilines is 1. The van der Waals surface area contributed by atoms with Crippen LogP contribution in [0.15, 0.2) is 109 Å². The van der Waals surface area contributed by atoms with Crippen LogP contribution >= 0.6 is 12.2 Å². The Balaban J connectivity index is 1.36. The van der Waals surface area contributed by atoms with E-state index < -0.39 is 11.8 Å². The van der Waals surface area contributed by atoms with Gasteiger partial charge in [-0.05, 0) is 72.4 Å². The largest absolute Gasteiger partial charge is 0.496 e. The first-order chi connectivity index (χ1) is 19.0. The molecule has 1 heterocycles. The van der Waals surface area contributed by atoms with E-state index >= 15 is 0 Å². The van der Waals surface area contributed by atoms with Gasteiger partial charge in [0, 0.05) is 11.6 Å². The summed E-state index contributed by atoms with van der Waals surface area (Å²) in [6.07, 6.45) is 1.49. The van der Waals surface area contributed by atoms with Gasteiger partial charge in [0.05, 0.1) is 12.8 Å². The van der Waals surface area contributed by atoms with Gasteiger partial charge in [0.15, 0.2) is 5.11 Å². The fourth-order valence-electron chi connectivity index (χ4n) is 3.98. The average Bonchev–Trinajstić information content (AvgIpc) is 2.96. The van der Waals surface area contributed by atoms with Gasteiger partial charge in [-0.1, -0.05) is 48.5 Å². The molecule has 1 aliphatic heterocycles. The van der Waals surface area contributed by atoms with Crippen molar-refractivity contribution in [3.05, 3.63) is 120 Å². The van der Waals surface area contributed by atoms with Crippen molar-refractivity contribution in [2.45, 2.75) is 6.61 Å². The molecular formula is C31H24N2O5S. The Morgan fingerprint density at radius 2 is 1.46 bits per heavy atom. The number of nitrogens with zero attached hydrogens (tertiary/aromatic N) is 1. The van der Waals surface area contributed by atoms with Crippen LogP contribution in [-0.2, 0) is 16.2 Å². The van der Waals surface area contributed by atoms with Gasteiger partial charge >= 0.3 is 0 Å². The van der Waals surface area contributed by atoms with Crippen LogP contribution in [0.5, 0.6) is 23.0 Å².